The van der Waals surface area contributed by atoms with Crippen LogP contribution in [-0.4, -0.2) is 19.0 Å². The van der Waals surface area contributed by atoms with Crippen molar-refractivity contribution in [3.63, 3.8) is 0 Å². The molecule has 0 radical (unpaired) electrons. The molecule has 1 aromatic carbocycles. The van der Waals surface area contributed by atoms with Crippen molar-refractivity contribution in [3.8, 4) is 0 Å². The van der Waals surface area contributed by atoms with Crippen molar-refractivity contribution in [3.05, 3.63) is 48.0 Å². The molecule has 0 aliphatic heterocycles. The lowest BCUT2D eigenvalue weighted by atomic mass is 9.64. The van der Waals surface area contributed by atoms with Gasteiger partial charge < -0.3 is 11.1 Å². The van der Waals surface area contributed by atoms with Crippen LogP contribution in [0.15, 0.2) is 41.9 Å². The summed E-state index contributed by atoms with van der Waals surface area (Å²) in [5.41, 5.74) is 5.48. The van der Waals surface area contributed by atoms with Crippen molar-refractivity contribution in [1.82, 2.24) is 5.32 Å². The summed E-state index contributed by atoms with van der Waals surface area (Å²) in [4.78, 5) is 4.28. The predicted molar refractivity (Wildman–Crippen MR) is 81.7 cm³/mol. The Morgan fingerprint density at radius 1 is 1.41 bits per heavy atom. The van der Waals surface area contributed by atoms with Crippen LogP contribution in [0.3, 0.4) is 0 Å². The molecule has 0 spiro atoms. The molecule has 0 atom stereocenters. The summed E-state index contributed by atoms with van der Waals surface area (Å²) >= 11 is 0. The number of halogens is 3. The lowest BCUT2D eigenvalue weighted by molar-refractivity contribution is -0.137. The second-order valence-corrected chi connectivity index (χ2v) is 5.58. The number of rotatable bonds is 5. The molecule has 6 heteroatoms. The highest BCUT2D eigenvalue weighted by atomic mass is 19.4. The minimum absolute atomic E-state index is 0.290. The fourth-order valence-corrected chi connectivity index (χ4v) is 2.64. The van der Waals surface area contributed by atoms with E-state index >= 15 is 0 Å². The number of nitrogens with zero attached hydrogens (tertiary/aromatic N) is 1. The molecule has 0 saturated heterocycles. The van der Waals surface area contributed by atoms with E-state index in [0.29, 0.717) is 18.7 Å². The summed E-state index contributed by atoms with van der Waals surface area (Å²) in [7, 11) is 0. The Labute approximate surface area is 128 Å². The van der Waals surface area contributed by atoms with Gasteiger partial charge in [0.1, 0.15) is 0 Å². The molecule has 1 saturated carbocycles. The molecule has 0 heterocycles. The zero-order chi connectivity index (χ0) is 16.2. The van der Waals surface area contributed by atoms with Gasteiger partial charge in [-0.3, -0.25) is 4.99 Å². The lowest BCUT2D eigenvalue weighted by Gasteiger charge is -2.41. The van der Waals surface area contributed by atoms with E-state index in [1.165, 1.54) is 12.1 Å². The van der Waals surface area contributed by atoms with E-state index in [-0.39, 0.29) is 11.4 Å². The van der Waals surface area contributed by atoms with Crippen molar-refractivity contribution < 1.29 is 13.2 Å². The van der Waals surface area contributed by atoms with Crippen LogP contribution in [0.25, 0.3) is 0 Å². The first-order valence-corrected chi connectivity index (χ1v) is 7.20. The first-order chi connectivity index (χ1) is 10.4. The Morgan fingerprint density at radius 3 is 2.68 bits per heavy atom. The molecule has 0 bridgehead atoms. The van der Waals surface area contributed by atoms with Crippen LogP contribution in [-0.2, 0) is 11.6 Å². The smallest absolute Gasteiger partial charge is 0.370 e. The largest absolute Gasteiger partial charge is 0.416 e. The van der Waals surface area contributed by atoms with Gasteiger partial charge in [-0.15, -0.1) is 6.58 Å². The molecule has 0 unspecified atom stereocenters. The Hall–Kier alpha value is -1.98. The summed E-state index contributed by atoms with van der Waals surface area (Å²) in [6, 6.07) is 5.54. The van der Waals surface area contributed by atoms with Crippen LogP contribution in [0.2, 0.25) is 0 Å². The number of hydrogen-bond acceptors (Lipinski definition) is 1. The average molecular weight is 311 g/mol. The topological polar surface area (TPSA) is 50.4 Å². The second-order valence-electron chi connectivity index (χ2n) is 5.58. The molecule has 3 N–H and O–H groups in total. The fourth-order valence-electron chi connectivity index (χ4n) is 2.64. The average Bonchev–Trinajstić information content (AvgIpc) is 2.43. The third-order valence-corrected chi connectivity index (χ3v) is 4.09. The van der Waals surface area contributed by atoms with E-state index in [4.69, 9.17) is 5.73 Å². The highest BCUT2D eigenvalue weighted by molar-refractivity contribution is 5.78. The summed E-state index contributed by atoms with van der Waals surface area (Å²) in [5, 5.41) is 2.87. The zero-order valence-electron chi connectivity index (χ0n) is 12.3. The van der Waals surface area contributed by atoms with Gasteiger partial charge in [0.05, 0.1) is 12.1 Å². The Balaban J connectivity index is 2.18. The van der Waals surface area contributed by atoms with Gasteiger partial charge in [0, 0.05) is 12.0 Å². The maximum atomic E-state index is 12.9. The van der Waals surface area contributed by atoms with Crippen LogP contribution in [0.1, 0.15) is 30.4 Å². The van der Waals surface area contributed by atoms with Gasteiger partial charge in [0.2, 0.25) is 0 Å². The minimum atomic E-state index is -4.32. The summed E-state index contributed by atoms with van der Waals surface area (Å²) in [5.74, 6) is 0.290. The van der Waals surface area contributed by atoms with Crippen molar-refractivity contribution in [1.29, 1.82) is 0 Å². The van der Waals surface area contributed by atoms with Gasteiger partial charge in [-0.25, -0.2) is 0 Å². The van der Waals surface area contributed by atoms with Crippen molar-refractivity contribution in [2.45, 2.75) is 30.9 Å². The number of hydrogen-bond donors (Lipinski definition) is 2. The summed E-state index contributed by atoms with van der Waals surface area (Å²) < 4.78 is 38.6. The fraction of sp³-hybridized carbons (Fsp3) is 0.438. The van der Waals surface area contributed by atoms with Crippen molar-refractivity contribution in [2.24, 2.45) is 10.7 Å². The van der Waals surface area contributed by atoms with Crippen molar-refractivity contribution >= 4 is 5.96 Å². The molecule has 1 aromatic rings. The molecule has 2 rings (SSSR count). The van der Waals surface area contributed by atoms with Gasteiger partial charge in [0.25, 0.3) is 0 Å². The van der Waals surface area contributed by atoms with E-state index < -0.39 is 11.7 Å². The van der Waals surface area contributed by atoms with Gasteiger partial charge in [0.15, 0.2) is 5.96 Å². The second kappa shape index (κ2) is 6.42. The van der Waals surface area contributed by atoms with E-state index in [1.54, 1.807) is 12.1 Å². The molecule has 0 amide bonds. The summed E-state index contributed by atoms with van der Waals surface area (Å²) in [6.07, 6.45) is -0.0199. The van der Waals surface area contributed by atoms with Gasteiger partial charge in [-0.05, 0) is 24.5 Å². The van der Waals surface area contributed by atoms with Crippen LogP contribution < -0.4 is 11.1 Å². The highest BCUT2D eigenvalue weighted by Gasteiger charge is 2.40. The third kappa shape index (κ3) is 3.61. The number of alkyl halides is 3. The first-order valence-electron chi connectivity index (χ1n) is 7.20. The number of aliphatic imine (C=N–C) groups is 1. The maximum Gasteiger partial charge on any atom is 0.416 e. The highest BCUT2D eigenvalue weighted by Crippen LogP contribution is 2.45. The van der Waals surface area contributed by atoms with E-state index in [1.807, 2.05) is 0 Å². The Bertz CT molecular complexity index is 560. The molecule has 0 aromatic heterocycles. The molecule has 1 fully saturated rings. The van der Waals surface area contributed by atoms with Crippen LogP contribution in [0, 0.1) is 0 Å². The lowest BCUT2D eigenvalue weighted by Crippen LogP contribution is -2.40. The van der Waals surface area contributed by atoms with E-state index in [2.05, 4.69) is 16.9 Å². The third-order valence-electron chi connectivity index (χ3n) is 4.09. The van der Waals surface area contributed by atoms with Crippen LogP contribution in [0.5, 0.6) is 0 Å². The first kappa shape index (κ1) is 16.4. The molecule has 120 valence electrons. The number of guanidine groups is 1. The van der Waals surface area contributed by atoms with Gasteiger partial charge in [-0.1, -0.05) is 30.7 Å². The quantitative estimate of drug-likeness (QED) is 0.498. The van der Waals surface area contributed by atoms with Crippen molar-refractivity contribution in [2.75, 3.05) is 13.1 Å². The van der Waals surface area contributed by atoms with Crippen LogP contribution in [0.4, 0.5) is 13.2 Å². The molecule has 3 nitrogen and oxygen atoms in total. The van der Waals surface area contributed by atoms with Gasteiger partial charge in [-0.2, -0.15) is 13.2 Å². The normalized spacial score (nSPS) is 17.7. The van der Waals surface area contributed by atoms with E-state index in [0.717, 1.165) is 25.3 Å². The molecule has 1 aliphatic rings. The number of nitrogens with two attached hydrogens (primary N) is 1. The Morgan fingerprint density at radius 2 is 2.14 bits per heavy atom. The molecule has 22 heavy (non-hydrogen) atoms. The predicted octanol–water partition coefficient (Wildman–Crippen LogP) is 3.22. The minimum Gasteiger partial charge on any atom is -0.370 e. The van der Waals surface area contributed by atoms with E-state index in [9.17, 15) is 13.2 Å². The standard InChI is InChI=1S/C16H20F3N3/c1-2-9-21-14(20)22-11-15(7-4-8-15)12-5-3-6-13(10-12)16(17,18)19/h2-3,5-6,10H,1,4,7-9,11H2,(H3,20,21,22). The maximum absolute atomic E-state index is 12.9. The zero-order valence-corrected chi connectivity index (χ0v) is 12.3. The number of nitrogens with one attached hydrogen (secondary N) is 1. The summed E-state index contributed by atoms with van der Waals surface area (Å²) in [6.45, 7) is 4.47. The van der Waals surface area contributed by atoms with Crippen LogP contribution >= 0.6 is 0 Å². The molecular weight excluding hydrogens is 291 g/mol. The monoisotopic (exact) mass is 311 g/mol. The Kier molecular flexibility index (Phi) is 4.78. The molecular formula is C16H20F3N3. The molecule has 1 aliphatic carbocycles. The van der Waals surface area contributed by atoms with Gasteiger partial charge >= 0.3 is 6.18 Å². The SMILES string of the molecule is C=CCNC(N)=NCC1(c2cccc(C(F)(F)F)c2)CCC1. The number of benzene rings is 1.